The summed E-state index contributed by atoms with van der Waals surface area (Å²) >= 11 is 3.43. The van der Waals surface area contributed by atoms with Gasteiger partial charge in [-0.25, -0.2) is 4.39 Å². The number of hydrogen-bond acceptors (Lipinski definition) is 3. The highest BCUT2D eigenvalue weighted by molar-refractivity contribution is 9.10. The third-order valence-electron chi connectivity index (χ3n) is 2.76. The van der Waals surface area contributed by atoms with Crippen molar-refractivity contribution in [3.05, 3.63) is 58.1 Å². The fourth-order valence-electron chi connectivity index (χ4n) is 1.87. The Balaban J connectivity index is 2.52. The molecule has 0 saturated heterocycles. The first-order valence-electron chi connectivity index (χ1n) is 5.45. The second kappa shape index (κ2) is 5.46. The fraction of sp³-hybridized carbons (Fsp3) is 0.154. The van der Waals surface area contributed by atoms with Crippen LogP contribution < -0.4 is 11.1 Å². The van der Waals surface area contributed by atoms with Crippen LogP contribution in [-0.2, 0) is 0 Å². The summed E-state index contributed by atoms with van der Waals surface area (Å²) in [5, 5.41) is 3.13. The van der Waals surface area contributed by atoms with Gasteiger partial charge in [-0.05, 0) is 36.9 Å². The minimum absolute atomic E-state index is 0.205. The van der Waals surface area contributed by atoms with Crippen molar-refractivity contribution in [3.63, 3.8) is 0 Å². The van der Waals surface area contributed by atoms with Crippen LogP contribution in [0.1, 0.15) is 17.2 Å². The molecule has 0 bridgehead atoms. The Morgan fingerprint density at radius 2 is 2.11 bits per heavy atom. The van der Waals surface area contributed by atoms with Gasteiger partial charge in [0, 0.05) is 28.1 Å². The molecule has 1 heterocycles. The summed E-state index contributed by atoms with van der Waals surface area (Å²) in [6.07, 6.45) is 3.32. The zero-order chi connectivity index (χ0) is 13.1. The minimum Gasteiger partial charge on any atom is -0.398 e. The molecule has 0 amide bonds. The summed E-state index contributed by atoms with van der Waals surface area (Å²) in [5.74, 6) is -0.282. The molecule has 2 aromatic rings. The van der Waals surface area contributed by atoms with Gasteiger partial charge >= 0.3 is 0 Å². The van der Waals surface area contributed by atoms with Gasteiger partial charge in [0.15, 0.2) is 0 Å². The Morgan fingerprint density at radius 3 is 2.78 bits per heavy atom. The second-order valence-corrected chi connectivity index (χ2v) is 4.75. The van der Waals surface area contributed by atoms with E-state index in [1.807, 2.05) is 0 Å². The van der Waals surface area contributed by atoms with Crippen LogP contribution in [0.15, 0.2) is 41.1 Å². The zero-order valence-corrected chi connectivity index (χ0v) is 11.4. The number of rotatable bonds is 3. The smallest absolute Gasteiger partial charge is 0.123 e. The van der Waals surface area contributed by atoms with Crippen molar-refractivity contribution in [1.29, 1.82) is 0 Å². The minimum atomic E-state index is -0.282. The number of benzene rings is 1. The standard InChI is InChI=1S/C13H13BrFN3/c1-17-13(10-7-18-5-4-12(10)16)9-6-8(15)2-3-11(9)14/h2-7,13,17H,1H3,(H2,16,18). The highest BCUT2D eigenvalue weighted by atomic mass is 79.9. The SMILES string of the molecule is CNC(c1cnccc1N)c1cc(F)ccc1Br. The molecule has 5 heteroatoms. The lowest BCUT2D eigenvalue weighted by atomic mass is 9.99. The number of nitrogen functional groups attached to an aromatic ring is 1. The molecule has 2 rings (SSSR count). The van der Waals surface area contributed by atoms with Crippen molar-refractivity contribution in [1.82, 2.24) is 10.3 Å². The molecule has 94 valence electrons. The van der Waals surface area contributed by atoms with E-state index in [1.165, 1.54) is 12.1 Å². The Bertz CT molecular complexity index is 560. The molecule has 3 nitrogen and oxygen atoms in total. The van der Waals surface area contributed by atoms with E-state index in [1.54, 1.807) is 31.6 Å². The van der Waals surface area contributed by atoms with Gasteiger partial charge in [0.25, 0.3) is 0 Å². The van der Waals surface area contributed by atoms with Crippen molar-refractivity contribution in [3.8, 4) is 0 Å². The molecule has 1 aromatic heterocycles. The number of aromatic nitrogens is 1. The highest BCUT2D eigenvalue weighted by Crippen LogP contribution is 2.31. The molecule has 0 fully saturated rings. The zero-order valence-electron chi connectivity index (χ0n) is 9.82. The van der Waals surface area contributed by atoms with Gasteiger partial charge in [-0.15, -0.1) is 0 Å². The third-order valence-corrected chi connectivity index (χ3v) is 3.48. The molecule has 1 unspecified atom stereocenters. The first-order chi connectivity index (χ1) is 8.63. The first-order valence-corrected chi connectivity index (χ1v) is 6.24. The van der Waals surface area contributed by atoms with E-state index in [9.17, 15) is 4.39 Å². The van der Waals surface area contributed by atoms with Crippen molar-refractivity contribution in [2.45, 2.75) is 6.04 Å². The van der Waals surface area contributed by atoms with E-state index in [2.05, 4.69) is 26.2 Å². The number of nitrogens with two attached hydrogens (primary N) is 1. The molecule has 1 aromatic carbocycles. The average Bonchev–Trinajstić information content (AvgIpc) is 2.36. The van der Waals surface area contributed by atoms with Crippen molar-refractivity contribution < 1.29 is 4.39 Å². The van der Waals surface area contributed by atoms with Gasteiger partial charge in [0.2, 0.25) is 0 Å². The predicted octanol–water partition coefficient (Wildman–Crippen LogP) is 2.87. The molecule has 0 saturated carbocycles. The molecule has 0 aliphatic rings. The largest absolute Gasteiger partial charge is 0.398 e. The van der Waals surface area contributed by atoms with Crippen molar-refractivity contribution in [2.75, 3.05) is 12.8 Å². The van der Waals surface area contributed by atoms with Crippen molar-refractivity contribution >= 4 is 21.6 Å². The monoisotopic (exact) mass is 309 g/mol. The molecule has 1 atom stereocenters. The lowest BCUT2D eigenvalue weighted by molar-refractivity contribution is 0.615. The number of hydrogen-bond donors (Lipinski definition) is 2. The number of nitrogens with zero attached hydrogens (tertiary/aromatic N) is 1. The summed E-state index contributed by atoms with van der Waals surface area (Å²) in [5.41, 5.74) is 8.17. The molecular weight excluding hydrogens is 297 g/mol. The van der Waals surface area contributed by atoms with Gasteiger partial charge in [0.05, 0.1) is 6.04 Å². The second-order valence-electron chi connectivity index (χ2n) is 3.89. The van der Waals surface area contributed by atoms with E-state index < -0.39 is 0 Å². The number of halogens is 2. The maximum Gasteiger partial charge on any atom is 0.123 e. The Hall–Kier alpha value is -1.46. The van der Waals surface area contributed by atoms with Crippen LogP contribution >= 0.6 is 15.9 Å². The molecular formula is C13H13BrFN3. The summed E-state index contributed by atoms with van der Waals surface area (Å²) < 4.78 is 14.2. The summed E-state index contributed by atoms with van der Waals surface area (Å²) in [6, 6.07) is 6.10. The molecule has 0 spiro atoms. The summed E-state index contributed by atoms with van der Waals surface area (Å²) in [7, 11) is 1.80. The molecule has 0 radical (unpaired) electrons. The van der Waals surface area contributed by atoms with E-state index in [0.29, 0.717) is 5.69 Å². The Labute approximate surface area is 113 Å². The van der Waals surface area contributed by atoms with Crippen LogP contribution in [0.3, 0.4) is 0 Å². The van der Waals surface area contributed by atoms with E-state index in [0.717, 1.165) is 15.6 Å². The van der Waals surface area contributed by atoms with Crippen LogP contribution in [0, 0.1) is 5.82 Å². The van der Waals surface area contributed by atoms with E-state index in [-0.39, 0.29) is 11.9 Å². The maximum absolute atomic E-state index is 13.4. The van der Waals surface area contributed by atoms with Gasteiger partial charge in [0.1, 0.15) is 5.82 Å². The van der Waals surface area contributed by atoms with Gasteiger partial charge in [-0.1, -0.05) is 15.9 Å². The van der Waals surface area contributed by atoms with Crippen LogP contribution in [0.25, 0.3) is 0 Å². The summed E-state index contributed by atoms with van der Waals surface area (Å²) in [6.45, 7) is 0. The van der Waals surface area contributed by atoms with Crippen LogP contribution in [-0.4, -0.2) is 12.0 Å². The highest BCUT2D eigenvalue weighted by Gasteiger charge is 2.18. The van der Waals surface area contributed by atoms with E-state index >= 15 is 0 Å². The summed E-state index contributed by atoms with van der Waals surface area (Å²) in [4.78, 5) is 4.06. The van der Waals surface area contributed by atoms with Crippen LogP contribution in [0.2, 0.25) is 0 Å². The predicted molar refractivity (Wildman–Crippen MR) is 73.7 cm³/mol. The van der Waals surface area contributed by atoms with Crippen LogP contribution in [0.4, 0.5) is 10.1 Å². The van der Waals surface area contributed by atoms with E-state index in [4.69, 9.17) is 5.73 Å². The molecule has 0 aliphatic carbocycles. The number of nitrogens with one attached hydrogen (secondary N) is 1. The number of pyridine rings is 1. The molecule has 3 N–H and O–H groups in total. The normalized spacial score (nSPS) is 12.4. The number of anilines is 1. The van der Waals surface area contributed by atoms with Crippen LogP contribution in [0.5, 0.6) is 0 Å². The van der Waals surface area contributed by atoms with Crippen molar-refractivity contribution in [2.24, 2.45) is 0 Å². The average molecular weight is 310 g/mol. The lowest BCUT2D eigenvalue weighted by Crippen LogP contribution is -2.20. The molecule has 0 aliphatic heterocycles. The topological polar surface area (TPSA) is 50.9 Å². The Kier molecular flexibility index (Phi) is 3.93. The van der Waals surface area contributed by atoms with Gasteiger partial charge < -0.3 is 11.1 Å². The molecule has 18 heavy (non-hydrogen) atoms. The first kappa shape index (κ1) is 13.0. The fourth-order valence-corrected chi connectivity index (χ4v) is 2.35. The van der Waals surface area contributed by atoms with Gasteiger partial charge in [-0.2, -0.15) is 0 Å². The van der Waals surface area contributed by atoms with Gasteiger partial charge in [-0.3, -0.25) is 4.98 Å². The third kappa shape index (κ3) is 2.52. The quantitative estimate of drug-likeness (QED) is 0.916. The lowest BCUT2D eigenvalue weighted by Gasteiger charge is -2.19. The Morgan fingerprint density at radius 1 is 1.33 bits per heavy atom. The maximum atomic E-state index is 13.4.